The van der Waals surface area contributed by atoms with Crippen molar-refractivity contribution in [3.8, 4) is 0 Å². The van der Waals surface area contributed by atoms with E-state index in [1.165, 1.54) is 6.07 Å². The molecule has 0 spiro atoms. The molecule has 1 aliphatic carbocycles. The smallest absolute Gasteiger partial charge is 0.243 e. The molecule has 0 bridgehead atoms. The lowest BCUT2D eigenvalue weighted by molar-refractivity contribution is 0.491. The van der Waals surface area contributed by atoms with E-state index >= 15 is 0 Å². The Balaban J connectivity index is 2.18. The minimum absolute atomic E-state index is 0.140. The number of benzene rings is 1. The molecule has 106 valence electrons. The number of sulfonamides is 1. The van der Waals surface area contributed by atoms with Gasteiger partial charge in [0.15, 0.2) is 0 Å². The number of hydrogen-bond donors (Lipinski definition) is 2. The van der Waals surface area contributed by atoms with E-state index in [4.69, 9.17) is 5.73 Å². The first-order valence-electron chi connectivity index (χ1n) is 6.49. The van der Waals surface area contributed by atoms with Crippen LogP contribution in [0.25, 0.3) is 0 Å². The van der Waals surface area contributed by atoms with E-state index in [-0.39, 0.29) is 16.6 Å². The van der Waals surface area contributed by atoms with Crippen LogP contribution in [0.5, 0.6) is 0 Å². The van der Waals surface area contributed by atoms with Crippen molar-refractivity contribution >= 4 is 15.7 Å². The molecular weight excluding hydrogens is 267 g/mol. The maximum absolute atomic E-state index is 13.6. The highest BCUT2D eigenvalue weighted by atomic mass is 32.2. The molecule has 1 fully saturated rings. The van der Waals surface area contributed by atoms with Crippen molar-refractivity contribution in [3.05, 3.63) is 24.0 Å². The summed E-state index contributed by atoms with van der Waals surface area (Å²) < 4.78 is 40.5. The Labute approximate surface area is 113 Å². The van der Waals surface area contributed by atoms with Gasteiger partial charge in [0.1, 0.15) is 10.7 Å². The molecule has 2 rings (SSSR count). The maximum Gasteiger partial charge on any atom is 0.243 e. The predicted octanol–water partition coefficient (Wildman–Crippen LogP) is 2.26. The van der Waals surface area contributed by atoms with Crippen LogP contribution in [0.2, 0.25) is 0 Å². The van der Waals surface area contributed by atoms with Crippen molar-refractivity contribution < 1.29 is 12.8 Å². The first kappa shape index (κ1) is 14.3. The fourth-order valence-corrected chi connectivity index (χ4v) is 3.51. The van der Waals surface area contributed by atoms with Crippen LogP contribution in [0, 0.1) is 11.7 Å². The van der Waals surface area contributed by atoms with E-state index in [0.29, 0.717) is 12.3 Å². The fraction of sp³-hybridized carbons (Fsp3) is 0.538. The van der Waals surface area contributed by atoms with Crippen molar-refractivity contribution in [2.75, 3.05) is 5.73 Å². The van der Waals surface area contributed by atoms with Gasteiger partial charge in [-0.1, -0.05) is 19.8 Å². The van der Waals surface area contributed by atoms with Crippen molar-refractivity contribution in [1.82, 2.24) is 4.72 Å². The summed E-state index contributed by atoms with van der Waals surface area (Å²) in [5.74, 6) is -0.165. The minimum Gasteiger partial charge on any atom is -0.399 e. The zero-order chi connectivity index (χ0) is 14.0. The molecule has 1 aromatic carbocycles. The van der Waals surface area contributed by atoms with Gasteiger partial charge in [0.2, 0.25) is 10.0 Å². The number of rotatable bonds is 6. The molecule has 19 heavy (non-hydrogen) atoms. The van der Waals surface area contributed by atoms with Gasteiger partial charge in [-0.3, -0.25) is 0 Å². The van der Waals surface area contributed by atoms with E-state index in [1.807, 2.05) is 6.92 Å². The molecule has 0 heterocycles. The highest BCUT2D eigenvalue weighted by Gasteiger charge is 2.28. The SMILES string of the molecule is CCC(CC1CC1)NS(=O)(=O)c1cc(N)ccc1F. The lowest BCUT2D eigenvalue weighted by Crippen LogP contribution is -2.35. The average Bonchev–Trinajstić information content (AvgIpc) is 3.15. The second kappa shape index (κ2) is 5.46. The van der Waals surface area contributed by atoms with E-state index in [1.54, 1.807) is 0 Å². The van der Waals surface area contributed by atoms with Crippen LogP contribution < -0.4 is 10.5 Å². The first-order chi connectivity index (χ1) is 8.92. The van der Waals surface area contributed by atoms with Gasteiger partial charge in [-0.25, -0.2) is 17.5 Å². The molecule has 0 saturated heterocycles. The molecule has 6 heteroatoms. The summed E-state index contributed by atoms with van der Waals surface area (Å²) in [6, 6.07) is 3.43. The van der Waals surface area contributed by atoms with Crippen molar-refractivity contribution in [3.63, 3.8) is 0 Å². The second-order valence-corrected chi connectivity index (χ2v) is 6.78. The van der Waals surface area contributed by atoms with Gasteiger partial charge >= 0.3 is 0 Å². The van der Waals surface area contributed by atoms with Crippen LogP contribution in [-0.2, 0) is 10.0 Å². The Morgan fingerprint density at radius 2 is 2.16 bits per heavy atom. The zero-order valence-electron chi connectivity index (χ0n) is 10.9. The zero-order valence-corrected chi connectivity index (χ0v) is 11.7. The van der Waals surface area contributed by atoms with Crippen LogP contribution in [0.1, 0.15) is 32.6 Å². The summed E-state index contributed by atoms with van der Waals surface area (Å²) in [4.78, 5) is -0.373. The molecule has 0 aromatic heterocycles. The predicted molar refractivity (Wildman–Crippen MR) is 72.6 cm³/mol. The summed E-state index contributed by atoms with van der Waals surface area (Å²) in [7, 11) is -3.85. The Morgan fingerprint density at radius 3 is 2.74 bits per heavy atom. The van der Waals surface area contributed by atoms with Gasteiger partial charge in [-0.15, -0.1) is 0 Å². The third kappa shape index (κ3) is 3.67. The average molecular weight is 286 g/mol. The third-order valence-corrected chi connectivity index (χ3v) is 4.91. The molecule has 0 aliphatic heterocycles. The quantitative estimate of drug-likeness (QED) is 0.788. The largest absolute Gasteiger partial charge is 0.399 e. The molecule has 1 unspecified atom stereocenters. The van der Waals surface area contributed by atoms with Crippen LogP contribution in [0.4, 0.5) is 10.1 Å². The fourth-order valence-electron chi connectivity index (χ4n) is 2.06. The third-order valence-electron chi connectivity index (χ3n) is 3.37. The van der Waals surface area contributed by atoms with Crippen LogP contribution in [-0.4, -0.2) is 14.5 Å². The van der Waals surface area contributed by atoms with Crippen molar-refractivity contribution in [2.45, 2.75) is 43.5 Å². The lowest BCUT2D eigenvalue weighted by Gasteiger charge is -2.17. The van der Waals surface area contributed by atoms with Gasteiger partial charge in [0.05, 0.1) is 0 Å². The van der Waals surface area contributed by atoms with Gasteiger partial charge in [0.25, 0.3) is 0 Å². The van der Waals surface area contributed by atoms with E-state index in [0.717, 1.165) is 31.4 Å². The molecule has 1 saturated carbocycles. The van der Waals surface area contributed by atoms with E-state index < -0.39 is 15.8 Å². The van der Waals surface area contributed by atoms with Gasteiger partial charge < -0.3 is 5.73 Å². The summed E-state index contributed by atoms with van der Waals surface area (Å²) in [5.41, 5.74) is 5.75. The number of halogens is 1. The molecular formula is C13H19FN2O2S. The monoisotopic (exact) mass is 286 g/mol. The number of anilines is 1. The Bertz CT molecular complexity index is 556. The summed E-state index contributed by atoms with van der Waals surface area (Å²) in [5, 5.41) is 0. The number of nitrogen functional groups attached to an aromatic ring is 1. The molecule has 1 aromatic rings. The van der Waals surface area contributed by atoms with Crippen LogP contribution >= 0.6 is 0 Å². The molecule has 1 atom stereocenters. The highest BCUT2D eigenvalue weighted by molar-refractivity contribution is 7.89. The van der Waals surface area contributed by atoms with Gasteiger partial charge in [-0.05, 0) is 37.0 Å². The lowest BCUT2D eigenvalue weighted by atomic mass is 10.1. The van der Waals surface area contributed by atoms with Crippen LogP contribution in [0.3, 0.4) is 0 Å². The molecule has 3 N–H and O–H groups in total. The Kier molecular flexibility index (Phi) is 4.10. The topological polar surface area (TPSA) is 72.2 Å². The Hall–Kier alpha value is -1.14. The highest BCUT2D eigenvalue weighted by Crippen LogP contribution is 2.34. The standard InChI is InChI=1S/C13H19FN2O2S/c1-2-11(7-9-3-4-9)16-19(17,18)13-8-10(15)5-6-12(13)14/h5-6,8-9,11,16H,2-4,7,15H2,1H3. The van der Waals surface area contributed by atoms with Crippen LogP contribution in [0.15, 0.2) is 23.1 Å². The molecule has 0 radical (unpaired) electrons. The molecule has 4 nitrogen and oxygen atoms in total. The summed E-state index contributed by atoms with van der Waals surface area (Å²) in [6.45, 7) is 1.92. The van der Waals surface area contributed by atoms with E-state index in [2.05, 4.69) is 4.72 Å². The second-order valence-electron chi connectivity index (χ2n) is 5.10. The number of nitrogens with two attached hydrogens (primary N) is 1. The van der Waals surface area contributed by atoms with Crippen molar-refractivity contribution in [2.24, 2.45) is 5.92 Å². The first-order valence-corrected chi connectivity index (χ1v) is 7.98. The molecule has 0 amide bonds. The minimum atomic E-state index is -3.85. The number of nitrogens with one attached hydrogen (secondary N) is 1. The summed E-state index contributed by atoms with van der Waals surface area (Å²) in [6.07, 6.45) is 3.83. The number of hydrogen-bond acceptors (Lipinski definition) is 3. The summed E-state index contributed by atoms with van der Waals surface area (Å²) >= 11 is 0. The van der Waals surface area contributed by atoms with Gasteiger partial charge in [0, 0.05) is 11.7 Å². The van der Waals surface area contributed by atoms with Gasteiger partial charge in [-0.2, -0.15) is 0 Å². The maximum atomic E-state index is 13.6. The van der Waals surface area contributed by atoms with Crippen molar-refractivity contribution in [1.29, 1.82) is 0 Å². The van der Waals surface area contributed by atoms with E-state index in [9.17, 15) is 12.8 Å². The Morgan fingerprint density at radius 1 is 1.47 bits per heavy atom. The normalized spacial score (nSPS) is 17.4. The molecule has 1 aliphatic rings.